The lowest BCUT2D eigenvalue weighted by Crippen LogP contribution is -2.13. The first-order chi connectivity index (χ1) is 11.8. The third kappa shape index (κ3) is 3.13. The molecule has 6 heteroatoms. The lowest BCUT2D eigenvalue weighted by Gasteiger charge is -2.09. The number of thiazole rings is 2. The topological polar surface area (TPSA) is 30.2 Å². The first-order valence-corrected chi connectivity index (χ1v) is 9.82. The second-order valence-corrected chi connectivity index (χ2v) is 7.63. The molecule has 2 heterocycles. The fraction of sp³-hybridized carbons (Fsp3) is 0. The van der Waals surface area contributed by atoms with Gasteiger partial charge in [-0.1, -0.05) is 46.3 Å². The first kappa shape index (κ1) is 15.5. The van der Waals surface area contributed by atoms with Gasteiger partial charge in [0, 0.05) is 27.1 Å². The van der Waals surface area contributed by atoms with Gasteiger partial charge in [0.25, 0.3) is 0 Å². The molecule has 0 aliphatic carbocycles. The predicted molar refractivity (Wildman–Crippen MR) is 104 cm³/mol. The van der Waals surface area contributed by atoms with E-state index in [0.29, 0.717) is 0 Å². The second kappa shape index (κ2) is 6.84. The number of halogens is 1. The Balaban J connectivity index is 1.95. The summed E-state index contributed by atoms with van der Waals surface area (Å²) in [5.41, 5.74) is 3.36. The van der Waals surface area contributed by atoms with E-state index in [4.69, 9.17) is 4.99 Å². The lowest BCUT2D eigenvalue weighted by molar-refractivity contribution is 1.01. The highest BCUT2D eigenvalue weighted by Gasteiger charge is 2.10. The van der Waals surface area contributed by atoms with Crippen molar-refractivity contribution in [2.45, 2.75) is 0 Å². The number of rotatable bonds is 3. The molecule has 2 aromatic carbocycles. The molecule has 0 saturated heterocycles. The molecular formula is C18H12BrN3S2. The molecule has 0 saturated carbocycles. The number of hydrogen-bond acceptors (Lipinski definition) is 4. The molecule has 4 rings (SSSR count). The predicted octanol–water partition coefficient (Wildman–Crippen LogP) is 5.66. The lowest BCUT2D eigenvalue weighted by atomic mass is 10.1. The fourth-order valence-corrected chi connectivity index (χ4v) is 4.12. The quantitative estimate of drug-likeness (QED) is 0.426. The summed E-state index contributed by atoms with van der Waals surface area (Å²) in [5.74, 6) is 0. The summed E-state index contributed by atoms with van der Waals surface area (Å²) in [6.45, 7) is 0. The normalized spacial score (nSPS) is 11.8. The van der Waals surface area contributed by atoms with Gasteiger partial charge in [0.1, 0.15) is 0 Å². The Labute approximate surface area is 155 Å². The van der Waals surface area contributed by atoms with Crippen molar-refractivity contribution >= 4 is 43.7 Å². The monoisotopic (exact) mass is 413 g/mol. The molecule has 0 spiro atoms. The summed E-state index contributed by atoms with van der Waals surface area (Å²) in [7, 11) is 0. The van der Waals surface area contributed by atoms with Crippen LogP contribution in [0.25, 0.3) is 16.9 Å². The van der Waals surface area contributed by atoms with Crippen molar-refractivity contribution < 1.29 is 0 Å². The Hall–Kier alpha value is -2.02. The molecule has 0 unspecified atom stereocenters. The molecule has 0 radical (unpaired) electrons. The van der Waals surface area contributed by atoms with Crippen LogP contribution in [0.1, 0.15) is 0 Å². The standard InChI is InChI=1S/C18H12BrN3S2/c19-14-8-6-13(7-9-14)16-12-24-18(21-17-20-10-11-23-17)22(16)15-4-2-1-3-5-15/h1-12H/b21-18-. The summed E-state index contributed by atoms with van der Waals surface area (Å²) >= 11 is 6.65. The highest BCUT2D eigenvalue weighted by molar-refractivity contribution is 9.10. The second-order valence-electron chi connectivity index (χ2n) is 5.01. The maximum Gasteiger partial charge on any atom is 0.211 e. The molecule has 3 nitrogen and oxygen atoms in total. The Morgan fingerprint density at radius 1 is 0.958 bits per heavy atom. The molecular weight excluding hydrogens is 402 g/mol. The number of hydrogen-bond donors (Lipinski definition) is 0. The van der Waals surface area contributed by atoms with Crippen LogP contribution in [0.5, 0.6) is 0 Å². The average Bonchev–Trinajstić information content (AvgIpc) is 3.27. The maximum absolute atomic E-state index is 4.72. The van der Waals surface area contributed by atoms with Crippen LogP contribution in [0.4, 0.5) is 5.13 Å². The van der Waals surface area contributed by atoms with Crippen LogP contribution < -0.4 is 4.80 Å². The van der Waals surface area contributed by atoms with Gasteiger partial charge in [0.05, 0.1) is 5.69 Å². The Kier molecular flexibility index (Phi) is 4.42. The molecule has 0 fully saturated rings. The van der Waals surface area contributed by atoms with Gasteiger partial charge >= 0.3 is 0 Å². The molecule has 0 aliphatic heterocycles. The van der Waals surface area contributed by atoms with Crippen LogP contribution in [0, 0.1) is 0 Å². The van der Waals surface area contributed by atoms with E-state index in [1.807, 2.05) is 23.6 Å². The average molecular weight is 414 g/mol. The molecule has 24 heavy (non-hydrogen) atoms. The molecule has 0 atom stereocenters. The Bertz CT molecular complexity index is 1000. The van der Waals surface area contributed by atoms with Crippen LogP contribution in [0.3, 0.4) is 0 Å². The van der Waals surface area contributed by atoms with Crippen LogP contribution in [-0.4, -0.2) is 9.55 Å². The molecule has 0 aliphatic rings. The van der Waals surface area contributed by atoms with Crippen molar-refractivity contribution in [2.24, 2.45) is 4.99 Å². The molecule has 118 valence electrons. The van der Waals surface area contributed by atoms with Crippen molar-refractivity contribution in [2.75, 3.05) is 0 Å². The van der Waals surface area contributed by atoms with E-state index in [2.05, 4.69) is 67.3 Å². The van der Waals surface area contributed by atoms with E-state index >= 15 is 0 Å². The zero-order valence-corrected chi connectivity index (χ0v) is 15.7. The summed E-state index contributed by atoms with van der Waals surface area (Å²) in [4.78, 5) is 9.91. The van der Waals surface area contributed by atoms with E-state index in [0.717, 1.165) is 31.4 Å². The van der Waals surface area contributed by atoms with Crippen molar-refractivity contribution in [1.29, 1.82) is 0 Å². The Morgan fingerprint density at radius 3 is 2.46 bits per heavy atom. The van der Waals surface area contributed by atoms with Gasteiger partial charge in [0.2, 0.25) is 5.13 Å². The zero-order valence-electron chi connectivity index (χ0n) is 12.5. The molecule has 0 bridgehead atoms. The minimum Gasteiger partial charge on any atom is -0.285 e. The SMILES string of the molecule is Brc1ccc(-c2cs/c(=N\c3nccs3)n2-c2ccccc2)cc1. The van der Waals surface area contributed by atoms with Gasteiger partial charge in [-0.05, 0) is 29.8 Å². The smallest absolute Gasteiger partial charge is 0.211 e. The fourth-order valence-electron chi connectivity index (χ4n) is 2.39. The van der Waals surface area contributed by atoms with Crippen molar-refractivity contribution in [1.82, 2.24) is 9.55 Å². The van der Waals surface area contributed by atoms with Crippen LogP contribution in [-0.2, 0) is 0 Å². The summed E-state index contributed by atoms with van der Waals surface area (Å²) in [5, 5.41) is 4.85. The maximum atomic E-state index is 4.72. The van der Waals surface area contributed by atoms with Crippen molar-refractivity contribution in [3.05, 3.63) is 80.8 Å². The third-order valence-electron chi connectivity index (χ3n) is 3.47. The number of benzene rings is 2. The minimum atomic E-state index is 0.767. The highest BCUT2D eigenvalue weighted by atomic mass is 79.9. The van der Waals surface area contributed by atoms with E-state index in [9.17, 15) is 0 Å². The Morgan fingerprint density at radius 2 is 1.75 bits per heavy atom. The van der Waals surface area contributed by atoms with Gasteiger partial charge in [0.15, 0.2) is 4.80 Å². The van der Waals surface area contributed by atoms with Gasteiger partial charge < -0.3 is 0 Å². The van der Waals surface area contributed by atoms with E-state index < -0.39 is 0 Å². The number of nitrogens with zero attached hydrogens (tertiary/aromatic N) is 3. The number of para-hydroxylation sites is 1. The van der Waals surface area contributed by atoms with Crippen molar-refractivity contribution in [3.8, 4) is 16.9 Å². The minimum absolute atomic E-state index is 0.767. The van der Waals surface area contributed by atoms with Crippen LogP contribution in [0.15, 0.2) is 81.0 Å². The zero-order chi connectivity index (χ0) is 16.4. The van der Waals surface area contributed by atoms with E-state index in [1.165, 1.54) is 11.3 Å². The molecule has 0 amide bonds. The highest BCUT2D eigenvalue weighted by Crippen LogP contribution is 2.25. The van der Waals surface area contributed by atoms with Gasteiger partial charge in [-0.25, -0.2) is 4.98 Å². The molecule has 0 N–H and O–H groups in total. The van der Waals surface area contributed by atoms with Crippen LogP contribution >= 0.6 is 38.6 Å². The third-order valence-corrected chi connectivity index (χ3v) is 5.49. The summed E-state index contributed by atoms with van der Waals surface area (Å²) < 4.78 is 3.25. The number of aromatic nitrogens is 2. The van der Waals surface area contributed by atoms with Crippen LogP contribution in [0.2, 0.25) is 0 Å². The van der Waals surface area contributed by atoms with Crippen molar-refractivity contribution in [3.63, 3.8) is 0 Å². The van der Waals surface area contributed by atoms with E-state index in [-0.39, 0.29) is 0 Å². The summed E-state index contributed by atoms with van der Waals surface area (Å²) in [6, 6.07) is 18.6. The molecule has 2 aromatic heterocycles. The van der Waals surface area contributed by atoms with E-state index in [1.54, 1.807) is 17.5 Å². The summed E-state index contributed by atoms with van der Waals surface area (Å²) in [6.07, 6.45) is 1.78. The van der Waals surface area contributed by atoms with Gasteiger partial charge in [-0.3, -0.25) is 4.57 Å². The van der Waals surface area contributed by atoms with Gasteiger partial charge in [-0.2, -0.15) is 4.99 Å². The van der Waals surface area contributed by atoms with Gasteiger partial charge in [-0.15, -0.1) is 22.7 Å². The molecule has 4 aromatic rings. The first-order valence-electron chi connectivity index (χ1n) is 7.27. The largest absolute Gasteiger partial charge is 0.285 e.